The van der Waals surface area contributed by atoms with Crippen molar-refractivity contribution in [1.82, 2.24) is 19.8 Å². The van der Waals surface area contributed by atoms with E-state index in [2.05, 4.69) is 14.9 Å². The summed E-state index contributed by atoms with van der Waals surface area (Å²) in [5, 5.41) is 3.26. The highest BCUT2D eigenvalue weighted by atomic mass is 16.5. The predicted molar refractivity (Wildman–Crippen MR) is 84.5 cm³/mol. The van der Waals surface area contributed by atoms with E-state index in [0.717, 1.165) is 43.0 Å². The van der Waals surface area contributed by atoms with E-state index in [9.17, 15) is 4.79 Å². The van der Waals surface area contributed by atoms with Gasteiger partial charge in [0.15, 0.2) is 0 Å². The maximum atomic E-state index is 12.3. The van der Waals surface area contributed by atoms with Crippen LogP contribution in [0, 0.1) is 0 Å². The highest BCUT2D eigenvalue weighted by molar-refractivity contribution is 5.78. The third-order valence-electron chi connectivity index (χ3n) is 4.03. The minimum atomic E-state index is 0.211. The minimum Gasteiger partial charge on any atom is -0.377 e. The molecule has 1 aliphatic rings. The molecule has 1 aromatic carbocycles. The molecule has 0 unspecified atom stereocenters. The van der Waals surface area contributed by atoms with Gasteiger partial charge in [0, 0.05) is 46.3 Å². The Morgan fingerprint density at radius 1 is 1.32 bits per heavy atom. The van der Waals surface area contributed by atoms with E-state index in [1.165, 1.54) is 0 Å². The summed E-state index contributed by atoms with van der Waals surface area (Å²) in [6.45, 7) is 4.46. The highest BCUT2D eigenvalue weighted by Gasteiger charge is 2.17. The van der Waals surface area contributed by atoms with Gasteiger partial charge in [-0.3, -0.25) is 4.79 Å². The van der Waals surface area contributed by atoms with E-state index in [1.54, 1.807) is 7.11 Å². The van der Waals surface area contributed by atoms with E-state index >= 15 is 0 Å². The van der Waals surface area contributed by atoms with Crippen molar-refractivity contribution in [2.75, 3.05) is 33.3 Å². The number of aryl methyl sites for hydroxylation is 1. The molecule has 6 heteroatoms. The first kappa shape index (κ1) is 15.0. The van der Waals surface area contributed by atoms with Crippen LogP contribution in [0.5, 0.6) is 0 Å². The molecular weight excluding hydrogens is 280 g/mol. The molecule has 0 aliphatic carbocycles. The third-order valence-corrected chi connectivity index (χ3v) is 4.03. The smallest absolute Gasteiger partial charge is 0.224 e. The lowest BCUT2D eigenvalue weighted by atomic mass is 10.3. The molecule has 1 amide bonds. The molecule has 118 valence electrons. The second-order valence-corrected chi connectivity index (χ2v) is 5.48. The Balaban J connectivity index is 1.74. The van der Waals surface area contributed by atoms with Crippen molar-refractivity contribution in [3.63, 3.8) is 0 Å². The number of methoxy groups -OCH3 is 1. The average molecular weight is 302 g/mol. The first-order valence-corrected chi connectivity index (χ1v) is 7.71. The number of carbonyl (C=O) groups excluding carboxylic acids is 1. The number of rotatable bonds is 5. The lowest BCUT2D eigenvalue weighted by molar-refractivity contribution is -0.132. The van der Waals surface area contributed by atoms with Crippen LogP contribution in [-0.2, 0) is 22.7 Å². The number of hydrogen-bond donors (Lipinski definition) is 1. The summed E-state index contributed by atoms with van der Waals surface area (Å²) in [6.07, 6.45) is 0.497. The predicted octanol–water partition coefficient (Wildman–Crippen LogP) is 1.00. The number of aromatic nitrogens is 2. The molecule has 22 heavy (non-hydrogen) atoms. The van der Waals surface area contributed by atoms with Gasteiger partial charge in [-0.25, -0.2) is 4.98 Å². The molecule has 0 atom stereocenters. The number of carbonyl (C=O) groups is 1. The lowest BCUT2D eigenvalue weighted by Crippen LogP contribution is -2.46. The zero-order valence-electron chi connectivity index (χ0n) is 12.9. The Labute approximate surface area is 130 Å². The summed E-state index contributed by atoms with van der Waals surface area (Å²) in [4.78, 5) is 18.9. The van der Waals surface area contributed by atoms with Gasteiger partial charge in [0.1, 0.15) is 12.4 Å². The van der Waals surface area contributed by atoms with E-state index in [0.29, 0.717) is 19.6 Å². The quantitative estimate of drug-likeness (QED) is 0.895. The molecule has 1 saturated heterocycles. The number of amides is 1. The number of nitrogens with one attached hydrogen (secondary N) is 1. The number of para-hydroxylation sites is 2. The van der Waals surface area contributed by atoms with Crippen molar-refractivity contribution in [3.05, 3.63) is 30.1 Å². The van der Waals surface area contributed by atoms with Gasteiger partial charge in [0.05, 0.1) is 11.0 Å². The zero-order valence-corrected chi connectivity index (χ0v) is 12.9. The molecule has 1 N–H and O–H groups in total. The van der Waals surface area contributed by atoms with Crippen LogP contribution in [0.4, 0.5) is 0 Å². The van der Waals surface area contributed by atoms with Crippen molar-refractivity contribution < 1.29 is 9.53 Å². The van der Waals surface area contributed by atoms with Crippen LogP contribution in [0.15, 0.2) is 24.3 Å². The summed E-state index contributed by atoms with van der Waals surface area (Å²) in [5.41, 5.74) is 2.01. The fourth-order valence-electron chi connectivity index (χ4n) is 2.89. The Kier molecular flexibility index (Phi) is 4.70. The molecule has 2 aromatic rings. The fourth-order valence-corrected chi connectivity index (χ4v) is 2.89. The van der Waals surface area contributed by atoms with Gasteiger partial charge in [-0.05, 0) is 12.1 Å². The van der Waals surface area contributed by atoms with E-state index in [4.69, 9.17) is 4.74 Å². The van der Waals surface area contributed by atoms with E-state index < -0.39 is 0 Å². The molecule has 1 aromatic heterocycles. The molecule has 0 saturated carbocycles. The second kappa shape index (κ2) is 6.89. The van der Waals surface area contributed by atoms with Crippen LogP contribution in [0.2, 0.25) is 0 Å². The Hall–Kier alpha value is -1.92. The summed E-state index contributed by atoms with van der Waals surface area (Å²) in [6, 6.07) is 8.00. The molecule has 0 bridgehead atoms. The number of fused-ring (bicyclic) bond motifs is 1. The van der Waals surface area contributed by atoms with Gasteiger partial charge in [0.2, 0.25) is 5.91 Å². The van der Waals surface area contributed by atoms with Crippen LogP contribution in [0.3, 0.4) is 0 Å². The number of imidazole rings is 1. The number of benzene rings is 1. The maximum Gasteiger partial charge on any atom is 0.224 e. The zero-order chi connectivity index (χ0) is 15.4. The largest absolute Gasteiger partial charge is 0.377 e. The summed E-state index contributed by atoms with van der Waals surface area (Å²) in [7, 11) is 1.66. The first-order valence-electron chi connectivity index (χ1n) is 7.71. The van der Waals surface area contributed by atoms with Crippen LogP contribution in [-0.4, -0.2) is 53.6 Å². The summed E-state index contributed by atoms with van der Waals surface area (Å²) >= 11 is 0. The van der Waals surface area contributed by atoms with E-state index in [-0.39, 0.29) is 5.91 Å². The van der Waals surface area contributed by atoms with Gasteiger partial charge in [-0.2, -0.15) is 0 Å². The minimum absolute atomic E-state index is 0.211. The van der Waals surface area contributed by atoms with Gasteiger partial charge < -0.3 is 19.5 Å². The van der Waals surface area contributed by atoms with Crippen molar-refractivity contribution in [1.29, 1.82) is 0 Å². The summed E-state index contributed by atoms with van der Waals surface area (Å²) < 4.78 is 7.33. The number of piperazine rings is 1. The highest BCUT2D eigenvalue weighted by Crippen LogP contribution is 2.17. The summed E-state index contributed by atoms with van der Waals surface area (Å²) in [5.74, 6) is 1.08. The molecule has 2 heterocycles. The molecule has 1 aliphatic heterocycles. The molecule has 0 radical (unpaired) electrons. The molecule has 0 spiro atoms. The third kappa shape index (κ3) is 3.13. The molecule has 1 fully saturated rings. The van der Waals surface area contributed by atoms with Gasteiger partial charge >= 0.3 is 0 Å². The molecule has 3 rings (SSSR count). The number of hydrogen-bond acceptors (Lipinski definition) is 4. The van der Waals surface area contributed by atoms with Crippen LogP contribution in [0.25, 0.3) is 11.0 Å². The first-order chi connectivity index (χ1) is 10.8. The van der Waals surface area contributed by atoms with Crippen molar-refractivity contribution in [2.45, 2.75) is 19.6 Å². The van der Waals surface area contributed by atoms with E-state index in [1.807, 2.05) is 29.2 Å². The van der Waals surface area contributed by atoms with Crippen molar-refractivity contribution in [3.8, 4) is 0 Å². The second-order valence-electron chi connectivity index (χ2n) is 5.48. The SMILES string of the molecule is COCc1nc2ccccc2n1CCC(=O)N1CCNCC1. The topological polar surface area (TPSA) is 59.4 Å². The number of nitrogens with zero attached hydrogens (tertiary/aromatic N) is 3. The van der Waals surface area contributed by atoms with Crippen LogP contribution < -0.4 is 5.32 Å². The number of ether oxygens (including phenoxy) is 1. The Morgan fingerprint density at radius 3 is 2.86 bits per heavy atom. The molecule has 6 nitrogen and oxygen atoms in total. The van der Waals surface area contributed by atoms with Crippen molar-refractivity contribution >= 4 is 16.9 Å². The fraction of sp³-hybridized carbons (Fsp3) is 0.500. The Morgan fingerprint density at radius 2 is 2.09 bits per heavy atom. The van der Waals surface area contributed by atoms with Crippen LogP contribution in [0.1, 0.15) is 12.2 Å². The monoisotopic (exact) mass is 302 g/mol. The van der Waals surface area contributed by atoms with Gasteiger partial charge in [-0.15, -0.1) is 0 Å². The lowest BCUT2D eigenvalue weighted by Gasteiger charge is -2.27. The van der Waals surface area contributed by atoms with Crippen molar-refractivity contribution in [2.24, 2.45) is 0 Å². The molecular formula is C16H22N4O2. The van der Waals surface area contributed by atoms with Gasteiger partial charge in [0.25, 0.3) is 0 Å². The van der Waals surface area contributed by atoms with Gasteiger partial charge in [-0.1, -0.05) is 12.1 Å². The van der Waals surface area contributed by atoms with Crippen LogP contribution >= 0.6 is 0 Å². The average Bonchev–Trinajstić information content (AvgIpc) is 2.91. The standard InChI is InChI=1S/C16H22N4O2/c1-22-12-15-18-13-4-2-3-5-14(13)20(15)9-6-16(21)19-10-7-17-8-11-19/h2-5,17H,6-12H2,1H3. The maximum absolute atomic E-state index is 12.3. The Bertz CT molecular complexity index is 647. The normalized spacial score (nSPS) is 15.4.